The molecule has 23 heavy (non-hydrogen) atoms. The summed E-state index contributed by atoms with van der Waals surface area (Å²) in [6, 6.07) is 3.05. The monoisotopic (exact) mass is 328 g/mol. The van der Waals surface area contributed by atoms with E-state index in [1.165, 1.54) is 11.0 Å². The van der Waals surface area contributed by atoms with Crippen LogP contribution in [0.3, 0.4) is 0 Å². The molecule has 1 atom stereocenters. The predicted molar refractivity (Wildman–Crippen MR) is 81.9 cm³/mol. The Morgan fingerprint density at radius 3 is 2.39 bits per heavy atom. The Morgan fingerprint density at radius 2 is 1.87 bits per heavy atom. The van der Waals surface area contributed by atoms with Crippen molar-refractivity contribution in [2.75, 3.05) is 26.7 Å². The zero-order valence-electron chi connectivity index (χ0n) is 13.6. The molecule has 128 valence electrons. The maximum Gasteiger partial charge on any atom is 0.317 e. The molecule has 0 saturated heterocycles. The van der Waals surface area contributed by atoms with E-state index in [4.69, 9.17) is 5.11 Å². The number of carbonyl (C=O) groups excluding carboxylic acids is 1. The van der Waals surface area contributed by atoms with Gasteiger partial charge in [-0.1, -0.05) is 13.0 Å². The van der Waals surface area contributed by atoms with Gasteiger partial charge >= 0.3 is 5.97 Å². The van der Waals surface area contributed by atoms with Gasteiger partial charge in [0, 0.05) is 7.05 Å². The quantitative estimate of drug-likeness (QED) is 0.795. The van der Waals surface area contributed by atoms with Crippen molar-refractivity contribution < 1.29 is 23.5 Å². The van der Waals surface area contributed by atoms with E-state index in [0.717, 1.165) is 18.6 Å². The minimum absolute atomic E-state index is 0.0370. The maximum atomic E-state index is 13.3. The molecule has 1 rings (SSSR count). The van der Waals surface area contributed by atoms with E-state index >= 15 is 0 Å². The summed E-state index contributed by atoms with van der Waals surface area (Å²) < 4.78 is 26.3. The number of hydrogen-bond donors (Lipinski definition) is 1. The third-order valence-corrected chi connectivity index (χ3v) is 3.66. The van der Waals surface area contributed by atoms with Gasteiger partial charge in [-0.25, -0.2) is 8.78 Å². The number of carboxylic acids is 1. The van der Waals surface area contributed by atoms with Crippen LogP contribution >= 0.6 is 0 Å². The lowest BCUT2D eigenvalue weighted by molar-refractivity contribution is -0.139. The molecule has 0 fully saturated rings. The zero-order chi connectivity index (χ0) is 17.6. The molecule has 1 amide bonds. The van der Waals surface area contributed by atoms with Gasteiger partial charge in [-0.3, -0.25) is 14.5 Å². The molecule has 1 unspecified atom stereocenters. The van der Waals surface area contributed by atoms with E-state index in [-0.39, 0.29) is 19.0 Å². The van der Waals surface area contributed by atoms with Gasteiger partial charge in [-0.15, -0.1) is 0 Å². The van der Waals surface area contributed by atoms with Crippen molar-refractivity contribution in [1.29, 1.82) is 0 Å². The molecule has 0 aromatic heterocycles. The van der Waals surface area contributed by atoms with Crippen molar-refractivity contribution in [3.05, 3.63) is 35.4 Å². The van der Waals surface area contributed by atoms with Crippen LogP contribution in [0.5, 0.6) is 0 Å². The second-order valence-corrected chi connectivity index (χ2v) is 5.46. The highest BCUT2D eigenvalue weighted by atomic mass is 19.2. The molecular weight excluding hydrogens is 306 g/mol. The fourth-order valence-corrected chi connectivity index (χ4v) is 2.24. The number of nitrogens with zero attached hydrogens (tertiary/aromatic N) is 2. The van der Waals surface area contributed by atoms with Crippen LogP contribution in [0.4, 0.5) is 8.78 Å². The SMILES string of the molecule is CCCN(CC(=O)O)CC(=O)N(C)C(C)c1ccc(F)c(F)c1. The number of hydrogen-bond acceptors (Lipinski definition) is 3. The Bertz CT molecular complexity index is 566. The van der Waals surface area contributed by atoms with E-state index in [1.54, 1.807) is 18.9 Å². The Hall–Kier alpha value is -2.02. The van der Waals surface area contributed by atoms with Crippen molar-refractivity contribution in [3.8, 4) is 0 Å². The Balaban J connectivity index is 2.77. The van der Waals surface area contributed by atoms with Gasteiger partial charge in [0.15, 0.2) is 11.6 Å². The molecule has 0 heterocycles. The van der Waals surface area contributed by atoms with Crippen LogP contribution in [-0.2, 0) is 9.59 Å². The Labute approximate surface area is 134 Å². The van der Waals surface area contributed by atoms with Crippen LogP contribution in [0.15, 0.2) is 18.2 Å². The summed E-state index contributed by atoms with van der Waals surface area (Å²) in [5, 5.41) is 8.86. The van der Waals surface area contributed by atoms with Crippen molar-refractivity contribution >= 4 is 11.9 Å². The number of halogens is 2. The highest BCUT2D eigenvalue weighted by molar-refractivity contribution is 5.79. The van der Waals surface area contributed by atoms with Crippen LogP contribution in [0, 0.1) is 11.6 Å². The first kappa shape index (κ1) is 19.0. The average molecular weight is 328 g/mol. The van der Waals surface area contributed by atoms with Crippen molar-refractivity contribution in [1.82, 2.24) is 9.80 Å². The van der Waals surface area contributed by atoms with Crippen LogP contribution in [-0.4, -0.2) is 53.5 Å². The zero-order valence-corrected chi connectivity index (χ0v) is 13.6. The van der Waals surface area contributed by atoms with Crippen molar-refractivity contribution in [2.45, 2.75) is 26.3 Å². The molecule has 1 aromatic rings. The molecule has 0 aliphatic heterocycles. The molecule has 0 aliphatic rings. The summed E-state index contributed by atoms with van der Waals surface area (Å²) in [6.45, 7) is 3.84. The third kappa shape index (κ3) is 5.59. The first-order valence-corrected chi connectivity index (χ1v) is 7.41. The van der Waals surface area contributed by atoms with E-state index in [0.29, 0.717) is 12.1 Å². The molecular formula is C16H22F2N2O3. The van der Waals surface area contributed by atoms with Crippen LogP contribution < -0.4 is 0 Å². The van der Waals surface area contributed by atoms with Gasteiger partial charge in [0.05, 0.1) is 19.1 Å². The molecule has 0 spiro atoms. The van der Waals surface area contributed by atoms with E-state index in [9.17, 15) is 18.4 Å². The lowest BCUT2D eigenvalue weighted by Gasteiger charge is -2.28. The first-order valence-electron chi connectivity index (χ1n) is 7.41. The predicted octanol–water partition coefficient (Wildman–Crippen LogP) is 2.28. The summed E-state index contributed by atoms with van der Waals surface area (Å²) in [5.41, 5.74) is 0.472. The summed E-state index contributed by atoms with van der Waals surface area (Å²) in [7, 11) is 1.55. The van der Waals surface area contributed by atoms with Gasteiger partial charge in [0.2, 0.25) is 5.91 Å². The van der Waals surface area contributed by atoms with Crippen LogP contribution in [0.25, 0.3) is 0 Å². The highest BCUT2D eigenvalue weighted by Crippen LogP contribution is 2.21. The van der Waals surface area contributed by atoms with Crippen LogP contribution in [0.2, 0.25) is 0 Å². The number of carboxylic acid groups (broad SMARTS) is 1. The second-order valence-electron chi connectivity index (χ2n) is 5.46. The lowest BCUT2D eigenvalue weighted by Crippen LogP contribution is -2.41. The van der Waals surface area contributed by atoms with Gasteiger partial charge in [0.25, 0.3) is 0 Å². The Kier molecular flexibility index (Phi) is 7.09. The first-order chi connectivity index (χ1) is 10.8. The molecule has 7 heteroatoms. The summed E-state index contributed by atoms with van der Waals surface area (Å²) in [4.78, 5) is 26.1. The van der Waals surface area contributed by atoms with Crippen molar-refractivity contribution in [2.24, 2.45) is 0 Å². The van der Waals surface area contributed by atoms with Crippen molar-refractivity contribution in [3.63, 3.8) is 0 Å². The molecule has 1 N–H and O–H groups in total. The van der Waals surface area contributed by atoms with Gasteiger partial charge in [0.1, 0.15) is 0 Å². The number of carbonyl (C=O) groups is 2. The number of likely N-dealkylation sites (N-methyl/N-ethyl adjacent to an activating group) is 1. The van der Waals surface area contributed by atoms with E-state index in [2.05, 4.69) is 0 Å². The molecule has 0 radical (unpaired) electrons. The van der Waals surface area contributed by atoms with Gasteiger partial charge in [-0.2, -0.15) is 0 Å². The standard InChI is InChI=1S/C16H22F2N2O3/c1-4-7-20(10-16(22)23)9-15(21)19(3)11(2)12-5-6-13(17)14(18)8-12/h5-6,8,11H,4,7,9-10H2,1-3H3,(H,22,23). The highest BCUT2D eigenvalue weighted by Gasteiger charge is 2.21. The molecule has 0 bridgehead atoms. The molecule has 0 aliphatic carbocycles. The fourth-order valence-electron chi connectivity index (χ4n) is 2.24. The smallest absolute Gasteiger partial charge is 0.317 e. The van der Waals surface area contributed by atoms with Gasteiger partial charge in [-0.05, 0) is 37.6 Å². The van der Waals surface area contributed by atoms with E-state index < -0.39 is 23.6 Å². The molecule has 1 aromatic carbocycles. The molecule has 5 nitrogen and oxygen atoms in total. The van der Waals surface area contributed by atoms with Crippen LogP contribution in [0.1, 0.15) is 31.9 Å². The Morgan fingerprint density at radius 1 is 1.22 bits per heavy atom. The van der Waals surface area contributed by atoms with E-state index in [1.807, 2.05) is 6.92 Å². The topological polar surface area (TPSA) is 60.9 Å². The third-order valence-electron chi connectivity index (χ3n) is 3.66. The minimum Gasteiger partial charge on any atom is -0.480 e. The maximum absolute atomic E-state index is 13.3. The lowest BCUT2D eigenvalue weighted by atomic mass is 10.1. The summed E-state index contributed by atoms with van der Waals surface area (Å²) in [6.07, 6.45) is 0.725. The summed E-state index contributed by atoms with van der Waals surface area (Å²) >= 11 is 0. The molecule has 0 saturated carbocycles. The number of aliphatic carboxylic acids is 1. The second kappa shape index (κ2) is 8.57. The minimum atomic E-state index is -0.998. The largest absolute Gasteiger partial charge is 0.480 e. The summed E-state index contributed by atoms with van der Waals surface area (Å²) in [5.74, 6) is -3.18. The normalized spacial score (nSPS) is 12.3. The number of amides is 1. The number of rotatable bonds is 8. The fraction of sp³-hybridized carbons (Fsp3) is 0.500. The van der Waals surface area contributed by atoms with Gasteiger partial charge < -0.3 is 10.0 Å². The number of benzene rings is 1. The average Bonchev–Trinajstić information content (AvgIpc) is 2.48.